The van der Waals surface area contributed by atoms with Crippen LogP contribution in [0.25, 0.3) is 10.2 Å². The van der Waals surface area contributed by atoms with Crippen LogP contribution in [-0.2, 0) is 10.0 Å². The lowest BCUT2D eigenvalue weighted by molar-refractivity contribution is 0.0746. The molecule has 0 spiro atoms. The number of thiazole rings is 1. The molecule has 1 saturated heterocycles. The second kappa shape index (κ2) is 9.55. The van der Waals surface area contributed by atoms with E-state index in [4.69, 9.17) is 4.98 Å². The van der Waals surface area contributed by atoms with E-state index in [9.17, 15) is 13.2 Å². The summed E-state index contributed by atoms with van der Waals surface area (Å²) in [5, 5.41) is 0.992. The Morgan fingerprint density at radius 2 is 1.53 bits per heavy atom. The summed E-state index contributed by atoms with van der Waals surface area (Å²) in [4.78, 5) is 22.2. The largest absolute Gasteiger partial charge is 0.345 e. The van der Waals surface area contributed by atoms with E-state index in [1.54, 1.807) is 47.7 Å². The van der Waals surface area contributed by atoms with Crippen LogP contribution in [0.5, 0.6) is 0 Å². The number of aromatic nitrogens is 1. The Bertz CT molecular complexity index is 1470. The molecule has 36 heavy (non-hydrogen) atoms. The first-order chi connectivity index (χ1) is 17.3. The molecule has 0 saturated carbocycles. The number of rotatable bonds is 5. The van der Waals surface area contributed by atoms with Gasteiger partial charge < -0.3 is 9.80 Å². The van der Waals surface area contributed by atoms with Gasteiger partial charge in [0.15, 0.2) is 5.13 Å². The molecule has 0 N–H and O–H groups in total. The van der Waals surface area contributed by atoms with Crippen molar-refractivity contribution in [2.75, 3.05) is 42.4 Å². The molecule has 0 bridgehead atoms. The molecule has 1 aliphatic heterocycles. The molecule has 0 atom stereocenters. The highest BCUT2D eigenvalue weighted by atomic mass is 32.2. The van der Waals surface area contributed by atoms with Crippen molar-refractivity contribution in [2.45, 2.75) is 18.7 Å². The van der Waals surface area contributed by atoms with E-state index in [2.05, 4.69) is 30.9 Å². The molecule has 5 rings (SSSR count). The molecule has 2 heterocycles. The van der Waals surface area contributed by atoms with Gasteiger partial charge in [-0.15, -0.1) is 0 Å². The highest BCUT2D eigenvalue weighted by molar-refractivity contribution is 7.92. The first-order valence-corrected chi connectivity index (χ1v) is 14.1. The number of hydrogen-bond acceptors (Lipinski definition) is 6. The van der Waals surface area contributed by atoms with Crippen LogP contribution in [0.1, 0.15) is 21.5 Å². The Labute approximate surface area is 215 Å². The van der Waals surface area contributed by atoms with Crippen LogP contribution in [0.2, 0.25) is 0 Å². The first kappa shape index (κ1) is 24.3. The number of nitrogens with zero attached hydrogens (tertiary/aromatic N) is 4. The Morgan fingerprint density at radius 3 is 2.17 bits per heavy atom. The fourth-order valence-corrected chi connectivity index (χ4v) is 6.73. The molecule has 1 fully saturated rings. The monoisotopic (exact) mass is 520 g/mol. The first-order valence-electron chi connectivity index (χ1n) is 11.8. The highest BCUT2D eigenvalue weighted by Gasteiger charge is 2.26. The van der Waals surface area contributed by atoms with Crippen LogP contribution < -0.4 is 9.21 Å². The molecule has 1 aromatic heterocycles. The smallest absolute Gasteiger partial charge is 0.264 e. The van der Waals surface area contributed by atoms with Gasteiger partial charge in [-0.05, 0) is 61.4 Å². The molecule has 4 aromatic rings. The van der Waals surface area contributed by atoms with E-state index in [1.807, 2.05) is 11.0 Å². The minimum Gasteiger partial charge on any atom is -0.345 e. The normalized spacial score (nSPS) is 14.3. The summed E-state index contributed by atoms with van der Waals surface area (Å²) in [6.07, 6.45) is 0. The van der Waals surface area contributed by atoms with Gasteiger partial charge in [0.2, 0.25) is 0 Å². The number of piperazine rings is 1. The minimum absolute atomic E-state index is 0.0917. The van der Waals surface area contributed by atoms with Gasteiger partial charge in [-0.2, -0.15) is 0 Å². The van der Waals surface area contributed by atoms with E-state index in [0.717, 1.165) is 10.6 Å². The molecular weight excluding hydrogens is 492 g/mol. The summed E-state index contributed by atoms with van der Waals surface area (Å²) < 4.78 is 28.5. The van der Waals surface area contributed by atoms with Gasteiger partial charge in [-0.3, -0.25) is 9.10 Å². The minimum atomic E-state index is -3.72. The molecule has 0 radical (unpaired) electrons. The predicted molar refractivity (Wildman–Crippen MR) is 146 cm³/mol. The van der Waals surface area contributed by atoms with Crippen molar-refractivity contribution in [3.05, 3.63) is 83.4 Å². The molecule has 3 aromatic carbocycles. The lowest BCUT2D eigenvalue weighted by Crippen LogP contribution is -2.48. The zero-order valence-corrected chi connectivity index (χ0v) is 22.1. The van der Waals surface area contributed by atoms with Crippen molar-refractivity contribution in [2.24, 2.45) is 0 Å². The summed E-state index contributed by atoms with van der Waals surface area (Å²) in [6, 6.07) is 19.3. The van der Waals surface area contributed by atoms with E-state index in [1.165, 1.54) is 39.3 Å². The predicted octanol–water partition coefficient (Wildman–Crippen LogP) is 4.70. The lowest BCUT2D eigenvalue weighted by atomic mass is 10.1. The summed E-state index contributed by atoms with van der Waals surface area (Å²) >= 11 is 1.71. The number of hydrogen-bond donors (Lipinski definition) is 0. The van der Waals surface area contributed by atoms with Crippen molar-refractivity contribution >= 4 is 48.3 Å². The fourth-order valence-electron chi connectivity index (χ4n) is 4.37. The molecule has 0 aliphatic carbocycles. The molecule has 9 heteroatoms. The Balaban J connectivity index is 1.26. The molecule has 1 aliphatic rings. The molecule has 1 amide bonds. The van der Waals surface area contributed by atoms with Crippen LogP contribution in [0.15, 0.2) is 71.6 Å². The standard InChI is InChI=1S/C27H28N4O3S2/c1-19-9-10-20(2)25-24(19)28-27(35-25)31-17-15-30(16-18-31)26(32)21-11-13-23(14-12-21)36(33,34)29(3)22-7-5-4-6-8-22/h4-14H,15-18H2,1-3H3. The summed E-state index contributed by atoms with van der Waals surface area (Å²) in [5.41, 5.74) is 4.52. The van der Waals surface area contributed by atoms with Crippen molar-refractivity contribution in [1.29, 1.82) is 0 Å². The van der Waals surface area contributed by atoms with Gasteiger partial charge in [0.05, 0.1) is 20.8 Å². The van der Waals surface area contributed by atoms with Crippen molar-refractivity contribution in [1.82, 2.24) is 9.88 Å². The van der Waals surface area contributed by atoms with Gasteiger partial charge in [-0.25, -0.2) is 13.4 Å². The molecule has 0 unspecified atom stereocenters. The SMILES string of the molecule is Cc1ccc(C)c2sc(N3CCN(C(=O)c4ccc(S(=O)(=O)N(C)c5ccccc5)cc4)CC3)nc12. The second-order valence-electron chi connectivity index (χ2n) is 8.99. The van der Waals surface area contributed by atoms with Crippen LogP contribution in [-0.4, -0.2) is 57.4 Å². The highest BCUT2D eigenvalue weighted by Crippen LogP contribution is 2.33. The van der Waals surface area contributed by atoms with E-state index >= 15 is 0 Å². The van der Waals surface area contributed by atoms with Gasteiger partial charge >= 0.3 is 0 Å². The zero-order chi connectivity index (χ0) is 25.4. The number of fused-ring (bicyclic) bond motifs is 1. The van der Waals surface area contributed by atoms with Gasteiger partial charge in [0.25, 0.3) is 15.9 Å². The molecular formula is C27H28N4O3S2. The summed E-state index contributed by atoms with van der Waals surface area (Å²) in [7, 11) is -2.19. The number of carbonyl (C=O) groups is 1. The maximum Gasteiger partial charge on any atom is 0.264 e. The van der Waals surface area contributed by atoms with Crippen LogP contribution in [0, 0.1) is 13.8 Å². The lowest BCUT2D eigenvalue weighted by Gasteiger charge is -2.34. The molecule has 186 valence electrons. The van der Waals surface area contributed by atoms with E-state index < -0.39 is 10.0 Å². The number of carbonyl (C=O) groups excluding carboxylic acids is 1. The number of aryl methyl sites for hydroxylation is 2. The van der Waals surface area contributed by atoms with Gasteiger partial charge in [0.1, 0.15) is 0 Å². The number of amides is 1. The topological polar surface area (TPSA) is 73.8 Å². The van der Waals surface area contributed by atoms with Crippen LogP contribution >= 0.6 is 11.3 Å². The maximum absolute atomic E-state index is 13.1. The second-order valence-corrected chi connectivity index (χ2v) is 11.9. The van der Waals surface area contributed by atoms with Gasteiger partial charge in [0, 0.05) is 38.8 Å². The average Bonchev–Trinajstić information content (AvgIpc) is 3.38. The Hall–Kier alpha value is -3.43. The third-order valence-electron chi connectivity index (χ3n) is 6.65. The van der Waals surface area contributed by atoms with E-state index in [0.29, 0.717) is 37.4 Å². The number of benzene rings is 3. The van der Waals surface area contributed by atoms with E-state index in [-0.39, 0.29) is 10.8 Å². The maximum atomic E-state index is 13.1. The molecule has 7 nitrogen and oxygen atoms in total. The zero-order valence-electron chi connectivity index (χ0n) is 20.5. The summed E-state index contributed by atoms with van der Waals surface area (Å²) in [5.74, 6) is -0.0917. The van der Waals surface area contributed by atoms with Crippen molar-refractivity contribution in [3.8, 4) is 0 Å². The number of sulfonamides is 1. The third-order valence-corrected chi connectivity index (χ3v) is 9.70. The van der Waals surface area contributed by atoms with Gasteiger partial charge in [-0.1, -0.05) is 41.7 Å². The van der Waals surface area contributed by atoms with Crippen LogP contribution in [0.4, 0.5) is 10.8 Å². The summed E-state index contributed by atoms with van der Waals surface area (Å²) in [6.45, 7) is 6.78. The van der Waals surface area contributed by atoms with Crippen molar-refractivity contribution < 1.29 is 13.2 Å². The number of para-hydroxylation sites is 1. The third kappa shape index (κ3) is 4.44. The van der Waals surface area contributed by atoms with Crippen molar-refractivity contribution in [3.63, 3.8) is 0 Å². The number of anilines is 2. The average molecular weight is 521 g/mol. The Kier molecular flexibility index (Phi) is 6.44. The quantitative estimate of drug-likeness (QED) is 0.381. The van der Waals surface area contributed by atoms with Crippen LogP contribution in [0.3, 0.4) is 0 Å². The fraction of sp³-hybridized carbons (Fsp3) is 0.259. The Morgan fingerprint density at radius 1 is 0.889 bits per heavy atom.